The first-order chi connectivity index (χ1) is 17.1. The van der Waals surface area contributed by atoms with E-state index in [9.17, 15) is 46.0 Å². The molecule has 36 heavy (non-hydrogen) atoms. The minimum Gasteiger partial charge on any atom is -0.472 e. The summed E-state index contributed by atoms with van der Waals surface area (Å²) in [6.07, 6.45) is -15.4. The maximum atomic E-state index is 10.5. The zero-order valence-electron chi connectivity index (χ0n) is 18.9. The van der Waals surface area contributed by atoms with Crippen molar-refractivity contribution < 1.29 is 74.4 Å². The molecule has 0 spiro atoms. The smallest absolute Gasteiger partial charge is 0.208 e. The average molecular weight is 524 g/mol. The van der Waals surface area contributed by atoms with Crippen LogP contribution in [-0.4, -0.2) is 151 Å². The van der Waals surface area contributed by atoms with E-state index >= 15 is 0 Å². The van der Waals surface area contributed by atoms with Crippen molar-refractivity contribution in [2.24, 2.45) is 11.8 Å². The van der Waals surface area contributed by atoms with Crippen LogP contribution in [0, 0.1) is 11.8 Å². The van der Waals surface area contributed by atoms with Crippen LogP contribution < -0.4 is 0 Å². The highest BCUT2D eigenvalue weighted by molar-refractivity contribution is 5.24. The molecule has 9 N–H and O–H groups in total. The van der Waals surface area contributed by atoms with Crippen molar-refractivity contribution in [3.8, 4) is 0 Å². The standard InChI is InChI=1S/C21H32O15/c22-3-7-11(25)13(27)15(29)19(33-7)32-4-8-12(26)14(28)16(30)20(34-8)35-18-9-6(1-2-31-18)10(24)17-21(9,5-23)36-17/h1-2,6-20,22-30H,3-5H2/t6-,7-,8-,9-,10+,11+,12-,13+,14+,15-,16-,17+,18+,19-,20+,21-/m1/s1. The van der Waals surface area contributed by atoms with Crippen molar-refractivity contribution in [2.45, 2.75) is 85.5 Å². The monoisotopic (exact) mass is 524 g/mol. The molecule has 0 aromatic rings. The zero-order valence-corrected chi connectivity index (χ0v) is 18.9. The molecular weight excluding hydrogens is 492 g/mol. The summed E-state index contributed by atoms with van der Waals surface area (Å²) >= 11 is 0. The Morgan fingerprint density at radius 3 is 2.03 bits per heavy atom. The first-order valence-electron chi connectivity index (χ1n) is 11.7. The fourth-order valence-electron chi connectivity index (χ4n) is 5.56. The van der Waals surface area contributed by atoms with Crippen molar-refractivity contribution in [1.29, 1.82) is 0 Å². The van der Waals surface area contributed by atoms with Crippen LogP contribution in [0.2, 0.25) is 0 Å². The molecule has 5 aliphatic rings. The van der Waals surface area contributed by atoms with E-state index in [1.54, 1.807) is 6.08 Å². The van der Waals surface area contributed by atoms with E-state index in [2.05, 4.69) is 0 Å². The third-order valence-electron chi connectivity index (χ3n) is 7.72. The van der Waals surface area contributed by atoms with Crippen LogP contribution in [0.3, 0.4) is 0 Å². The van der Waals surface area contributed by atoms with E-state index in [0.717, 1.165) is 0 Å². The lowest BCUT2D eigenvalue weighted by Gasteiger charge is -2.44. The number of hydrogen-bond donors (Lipinski definition) is 9. The summed E-state index contributed by atoms with van der Waals surface area (Å²) in [5, 5.41) is 90.8. The number of rotatable bonds is 7. The van der Waals surface area contributed by atoms with E-state index < -0.39 is 117 Å². The van der Waals surface area contributed by atoms with Gasteiger partial charge in [0.15, 0.2) is 12.6 Å². The molecule has 4 fully saturated rings. The molecule has 0 radical (unpaired) electrons. The molecule has 0 bridgehead atoms. The second kappa shape index (κ2) is 9.94. The van der Waals surface area contributed by atoms with Crippen molar-refractivity contribution in [3.63, 3.8) is 0 Å². The molecule has 206 valence electrons. The maximum Gasteiger partial charge on any atom is 0.208 e. The quantitative estimate of drug-likeness (QED) is 0.141. The second-order valence-corrected chi connectivity index (χ2v) is 9.76. The molecule has 0 unspecified atom stereocenters. The summed E-state index contributed by atoms with van der Waals surface area (Å²) in [5.41, 5.74) is -1.09. The molecule has 15 nitrogen and oxygen atoms in total. The van der Waals surface area contributed by atoms with Crippen LogP contribution in [0.25, 0.3) is 0 Å². The van der Waals surface area contributed by atoms with E-state index in [0.29, 0.717) is 0 Å². The highest BCUT2D eigenvalue weighted by atomic mass is 16.8. The molecule has 3 saturated heterocycles. The van der Waals surface area contributed by atoms with E-state index in [1.807, 2.05) is 0 Å². The van der Waals surface area contributed by atoms with Gasteiger partial charge in [-0.25, -0.2) is 0 Å². The summed E-state index contributed by atoms with van der Waals surface area (Å²) in [6.45, 7) is -1.59. The fraction of sp³-hybridized carbons (Fsp3) is 0.905. The Morgan fingerprint density at radius 1 is 0.722 bits per heavy atom. The highest BCUT2D eigenvalue weighted by Gasteiger charge is 2.75. The largest absolute Gasteiger partial charge is 0.472 e. The first kappa shape index (κ1) is 26.6. The third kappa shape index (κ3) is 4.17. The molecule has 4 aliphatic heterocycles. The molecule has 4 heterocycles. The molecule has 0 aromatic heterocycles. The van der Waals surface area contributed by atoms with Gasteiger partial charge in [0, 0.05) is 5.92 Å². The van der Waals surface area contributed by atoms with E-state index in [4.69, 9.17) is 28.4 Å². The number of hydrogen-bond acceptors (Lipinski definition) is 15. The number of fused-ring (bicyclic) bond motifs is 3. The van der Waals surface area contributed by atoms with Gasteiger partial charge >= 0.3 is 0 Å². The Balaban J connectivity index is 1.25. The summed E-state index contributed by atoms with van der Waals surface area (Å²) in [5.74, 6) is -1.12. The van der Waals surface area contributed by atoms with Crippen molar-refractivity contribution >= 4 is 0 Å². The SMILES string of the molecule is OC[C@H]1O[C@@H](OC[C@H]2O[C@@H](O[C@@H]3OC=C[C@H]4[C@H](O)[C@@H]5O[C@]5(CO)[C@@H]34)[C@H](O)[C@@H](O)[C@@H]2O)[C@H](O)[C@@H](O)[C@H]1O. The van der Waals surface area contributed by atoms with Crippen molar-refractivity contribution in [2.75, 3.05) is 19.8 Å². The van der Waals surface area contributed by atoms with Crippen LogP contribution in [-0.2, 0) is 28.4 Å². The Hall–Kier alpha value is -1.02. The number of aliphatic hydroxyl groups excluding tert-OH is 9. The fourth-order valence-corrected chi connectivity index (χ4v) is 5.56. The molecular formula is C21H32O15. The number of ether oxygens (including phenoxy) is 6. The van der Waals surface area contributed by atoms with Gasteiger partial charge in [0.05, 0.1) is 38.1 Å². The predicted octanol–water partition coefficient (Wildman–Crippen LogP) is -5.77. The van der Waals surface area contributed by atoms with Gasteiger partial charge in [0.25, 0.3) is 0 Å². The van der Waals surface area contributed by atoms with Crippen LogP contribution in [0.1, 0.15) is 0 Å². The number of epoxide rings is 1. The molecule has 15 heteroatoms. The van der Waals surface area contributed by atoms with Gasteiger partial charge in [-0.1, -0.05) is 0 Å². The van der Waals surface area contributed by atoms with Crippen LogP contribution in [0.4, 0.5) is 0 Å². The minimum absolute atomic E-state index is 0.405. The molecule has 1 aliphatic carbocycles. The summed E-state index contributed by atoms with van der Waals surface area (Å²) in [4.78, 5) is 0. The van der Waals surface area contributed by atoms with Gasteiger partial charge in [0.2, 0.25) is 6.29 Å². The molecule has 5 rings (SSSR count). The Bertz CT molecular complexity index is 812. The Labute approximate surface area is 204 Å². The van der Waals surface area contributed by atoms with Crippen LogP contribution >= 0.6 is 0 Å². The molecule has 0 aromatic carbocycles. The van der Waals surface area contributed by atoms with E-state index in [-0.39, 0.29) is 0 Å². The van der Waals surface area contributed by atoms with Gasteiger partial charge in [-0.15, -0.1) is 0 Å². The maximum absolute atomic E-state index is 10.5. The first-order valence-corrected chi connectivity index (χ1v) is 11.7. The lowest BCUT2D eigenvalue weighted by atomic mass is 9.85. The minimum atomic E-state index is -1.74. The zero-order chi connectivity index (χ0) is 25.9. The lowest BCUT2D eigenvalue weighted by molar-refractivity contribution is -0.355. The Kier molecular flexibility index (Phi) is 7.34. The lowest BCUT2D eigenvalue weighted by Crippen LogP contribution is -2.62. The second-order valence-electron chi connectivity index (χ2n) is 9.76. The topological polar surface area (TPSA) is 241 Å². The summed E-state index contributed by atoms with van der Waals surface area (Å²) in [6, 6.07) is 0. The predicted molar refractivity (Wildman–Crippen MR) is 109 cm³/mol. The van der Waals surface area contributed by atoms with E-state index in [1.165, 1.54) is 6.26 Å². The summed E-state index contributed by atoms with van der Waals surface area (Å²) in [7, 11) is 0. The van der Waals surface area contributed by atoms with Crippen LogP contribution in [0.5, 0.6) is 0 Å². The summed E-state index contributed by atoms with van der Waals surface area (Å²) < 4.78 is 33.1. The van der Waals surface area contributed by atoms with Gasteiger partial charge < -0.3 is 74.4 Å². The van der Waals surface area contributed by atoms with Gasteiger partial charge in [0.1, 0.15) is 60.5 Å². The molecule has 0 amide bonds. The van der Waals surface area contributed by atoms with Gasteiger partial charge in [-0.05, 0) is 6.08 Å². The normalized spacial score (nSPS) is 56.1. The highest BCUT2D eigenvalue weighted by Crippen LogP contribution is 2.59. The molecule has 1 saturated carbocycles. The number of aliphatic hydroxyl groups is 9. The van der Waals surface area contributed by atoms with Crippen molar-refractivity contribution in [3.05, 3.63) is 12.3 Å². The van der Waals surface area contributed by atoms with Gasteiger partial charge in [-0.3, -0.25) is 0 Å². The Morgan fingerprint density at radius 2 is 1.36 bits per heavy atom. The van der Waals surface area contributed by atoms with Crippen LogP contribution in [0.15, 0.2) is 12.3 Å². The van der Waals surface area contributed by atoms with Gasteiger partial charge in [-0.2, -0.15) is 0 Å². The third-order valence-corrected chi connectivity index (χ3v) is 7.72. The molecule has 16 atom stereocenters. The van der Waals surface area contributed by atoms with Crippen molar-refractivity contribution in [1.82, 2.24) is 0 Å². The average Bonchev–Trinajstić information content (AvgIpc) is 3.57.